The number of H-pyrrole nitrogens is 1. The number of aromatic nitrogens is 1. The summed E-state index contributed by atoms with van der Waals surface area (Å²) in [6.07, 6.45) is 0.377. The van der Waals surface area contributed by atoms with E-state index in [4.69, 9.17) is 9.47 Å². The number of benzene rings is 2. The van der Waals surface area contributed by atoms with Crippen molar-refractivity contribution in [2.75, 3.05) is 6.79 Å². The van der Waals surface area contributed by atoms with Gasteiger partial charge in [0.15, 0.2) is 11.5 Å². The van der Waals surface area contributed by atoms with Crippen LogP contribution in [0.25, 0.3) is 10.9 Å². The summed E-state index contributed by atoms with van der Waals surface area (Å²) >= 11 is 0. The fourth-order valence-corrected chi connectivity index (χ4v) is 4.09. The molecule has 2 aliphatic rings. The van der Waals surface area contributed by atoms with Crippen LogP contribution in [0.15, 0.2) is 42.5 Å². The zero-order valence-corrected chi connectivity index (χ0v) is 14.2. The van der Waals surface area contributed by atoms with E-state index in [-0.39, 0.29) is 6.79 Å². The first kappa shape index (κ1) is 15.3. The van der Waals surface area contributed by atoms with E-state index in [1.54, 1.807) is 0 Å². The van der Waals surface area contributed by atoms with Crippen LogP contribution in [0.5, 0.6) is 11.5 Å². The van der Waals surface area contributed by atoms with Crippen molar-refractivity contribution in [1.82, 2.24) is 10.3 Å². The lowest BCUT2D eigenvalue weighted by atomic mass is 9.80. The molecule has 3 aromatic rings. The van der Waals surface area contributed by atoms with E-state index in [0.29, 0.717) is 17.9 Å². The highest BCUT2D eigenvalue weighted by Crippen LogP contribution is 2.42. The summed E-state index contributed by atoms with van der Waals surface area (Å²) in [5.41, 5.74) is 3.15. The van der Waals surface area contributed by atoms with Crippen LogP contribution in [0.2, 0.25) is 0 Å². The minimum atomic E-state index is -1.10. The zero-order chi connectivity index (χ0) is 17.9. The SMILES string of the molecule is CC1(c2ccc3c(c2)OCO3)NC(C(=O)[O-])Cc2c1[nH]c1ccccc21. The number of aliphatic carboxylic acids is 1. The molecule has 0 radical (unpaired) electrons. The topological polar surface area (TPSA) is 86.4 Å². The third-order valence-corrected chi connectivity index (χ3v) is 5.42. The van der Waals surface area contributed by atoms with Gasteiger partial charge in [0.2, 0.25) is 6.79 Å². The van der Waals surface area contributed by atoms with Crippen LogP contribution < -0.4 is 19.9 Å². The second-order valence-corrected chi connectivity index (χ2v) is 6.94. The van der Waals surface area contributed by atoms with Gasteiger partial charge in [0.25, 0.3) is 0 Å². The molecule has 0 saturated heterocycles. The average Bonchev–Trinajstić information content (AvgIpc) is 3.25. The van der Waals surface area contributed by atoms with Crippen molar-refractivity contribution in [3.8, 4) is 11.5 Å². The highest BCUT2D eigenvalue weighted by molar-refractivity contribution is 5.87. The molecule has 0 bridgehead atoms. The summed E-state index contributed by atoms with van der Waals surface area (Å²) in [4.78, 5) is 15.2. The monoisotopic (exact) mass is 349 g/mol. The number of nitrogens with one attached hydrogen (secondary N) is 2. The van der Waals surface area contributed by atoms with E-state index >= 15 is 0 Å². The second-order valence-electron chi connectivity index (χ2n) is 6.94. The van der Waals surface area contributed by atoms with E-state index in [2.05, 4.69) is 10.3 Å². The van der Waals surface area contributed by atoms with Gasteiger partial charge >= 0.3 is 0 Å². The predicted octanol–water partition coefficient (Wildman–Crippen LogP) is 1.42. The van der Waals surface area contributed by atoms with Gasteiger partial charge in [0.05, 0.1) is 17.6 Å². The number of carbonyl (C=O) groups excluding carboxylic acids is 1. The minimum absolute atomic E-state index is 0.197. The molecule has 0 fully saturated rings. The Kier molecular flexibility index (Phi) is 3.09. The second kappa shape index (κ2) is 5.25. The molecule has 3 heterocycles. The van der Waals surface area contributed by atoms with Crippen molar-refractivity contribution in [2.45, 2.75) is 24.9 Å². The molecular weight excluding hydrogens is 332 g/mol. The Balaban J connectivity index is 1.74. The Morgan fingerprint density at radius 2 is 2.00 bits per heavy atom. The Labute approximate surface area is 149 Å². The highest BCUT2D eigenvalue weighted by atomic mass is 16.7. The molecule has 132 valence electrons. The number of hydrogen-bond donors (Lipinski definition) is 2. The first-order valence-corrected chi connectivity index (χ1v) is 8.55. The van der Waals surface area contributed by atoms with Gasteiger partial charge in [-0.1, -0.05) is 24.3 Å². The molecule has 6 nitrogen and oxygen atoms in total. The van der Waals surface area contributed by atoms with E-state index in [1.165, 1.54) is 0 Å². The Morgan fingerprint density at radius 1 is 1.19 bits per heavy atom. The number of rotatable bonds is 2. The van der Waals surface area contributed by atoms with Gasteiger partial charge < -0.3 is 24.4 Å². The summed E-state index contributed by atoms with van der Waals surface area (Å²) in [6.45, 7) is 2.18. The Morgan fingerprint density at radius 3 is 2.85 bits per heavy atom. The number of para-hydroxylation sites is 1. The normalized spacial score (nSPS) is 23.8. The molecule has 2 aromatic carbocycles. The molecule has 26 heavy (non-hydrogen) atoms. The number of carboxylic acid groups (broad SMARTS) is 1. The van der Waals surface area contributed by atoms with E-state index < -0.39 is 17.6 Å². The van der Waals surface area contributed by atoms with Crippen LogP contribution in [0.4, 0.5) is 0 Å². The lowest BCUT2D eigenvalue weighted by Gasteiger charge is -2.40. The average molecular weight is 349 g/mol. The molecule has 2 N–H and O–H groups in total. The van der Waals surface area contributed by atoms with Gasteiger partial charge in [-0.05, 0) is 42.7 Å². The van der Waals surface area contributed by atoms with Gasteiger partial charge in [-0.15, -0.1) is 0 Å². The number of aromatic amines is 1. The first-order valence-electron chi connectivity index (χ1n) is 8.55. The van der Waals surface area contributed by atoms with Gasteiger partial charge in [0, 0.05) is 16.6 Å². The molecule has 0 spiro atoms. The Hall–Kier alpha value is -2.99. The summed E-state index contributed by atoms with van der Waals surface area (Å²) in [6, 6.07) is 12.9. The number of ether oxygens (including phenoxy) is 2. The smallest absolute Gasteiger partial charge is 0.231 e. The van der Waals surface area contributed by atoms with E-state index in [9.17, 15) is 9.90 Å². The fraction of sp³-hybridized carbons (Fsp3) is 0.250. The number of carbonyl (C=O) groups is 1. The molecule has 0 aliphatic carbocycles. The van der Waals surface area contributed by atoms with Crippen LogP contribution in [0, 0.1) is 0 Å². The van der Waals surface area contributed by atoms with Gasteiger partial charge in [-0.3, -0.25) is 5.32 Å². The largest absolute Gasteiger partial charge is 0.548 e. The highest BCUT2D eigenvalue weighted by Gasteiger charge is 2.41. The van der Waals surface area contributed by atoms with Crippen molar-refractivity contribution in [3.63, 3.8) is 0 Å². The molecule has 0 saturated carbocycles. The summed E-state index contributed by atoms with van der Waals surface area (Å²) in [5, 5.41) is 16.0. The molecular formula is C20H17N2O4-. The quantitative estimate of drug-likeness (QED) is 0.731. The predicted molar refractivity (Wildman–Crippen MR) is 93.0 cm³/mol. The van der Waals surface area contributed by atoms with Crippen LogP contribution in [-0.2, 0) is 16.8 Å². The number of fused-ring (bicyclic) bond motifs is 4. The minimum Gasteiger partial charge on any atom is -0.548 e. The fourth-order valence-electron chi connectivity index (χ4n) is 4.09. The maximum absolute atomic E-state index is 11.7. The molecule has 0 amide bonds. The summed E-state index contributed by atoms with van der Waals surface area (Å²) < 4.78 is 10.9. The molecule has 5 rings (SSSR count). The van der Waals surface area contributed by atoms with E-state index in [1.807, 2.05) is 49.4 Å². The third kappa shape index (κ3) is 2.05. The maximum atomic E-state index is 11.7. The molecule has 2 atom stereocenters. The Bertz CT molecular complexity index is 1040. The third-order valence-electron chi connectivity index (χ3n) is 5.42. The van der Waals surface area contributed by atoms with Crippen LogP contribution in [0.1, 0.15) is 23.7 Å². The van der Waals surface area contributed by atoms with Crippen LogP contribution in [0.3, 0.4) is 0 Å². The first-order chi connectivity index (χ1) is 12.6. The maximum Gasteiger partial charge on any atom is 0.231 e. The van der Waals surface area contributed by atoms with E-state index in [0.717, 1.165) is 27.7 Å². The molecule has 2 unspecified atom stereocenters. The lowest BCUT2D eigenvalue weighted by Crippen LogP contribution is -2.58. The summed E-state index contributed by atoms with van der Waals surface area (Å²) in [5.74, 6) is 0.258. The lowest BCUT2D eigenvalue weighted by molar-refractivity contribution is -0.309. The number of hydrogen-bond acceptors (Lipinski definition) is 5. The zero-order valence-electron chi connectivity index (χ0n) is 14.2. The van der Waals surface area contributed by atoms with Crippen molar-refractivity contribution in [2.24, 2.45) is 0 Å². The van der Waals surface area contributed by atoms with Crippen molar-refractivity contribution < 1.29 is 19.4 Å². The van der Waals surface area contributed by atoms with Gasteiger partial charge in [-0.25, -0.2) is 0 Å². The van der Waals surface area contributed by atoms with Gasteiger partial charge in [0.1, 0.15) is 0 Å². The summed E-state index contributed by atoms with van der Waals surface area (Å²) in [7, 11) is 0. The van der Waals surface area contributed by atoms with Crippen molar-refractivity contribution in [3.05, 3.63) is 59.3 Å². The van der Waals surface area contributed by atoms with Crippen molar-refractivity contribution in [1.29, 1.82) is 0 Å². The van der Waals surface area contributed by atoms with Gasteiger partial charge in [-0.2, -0.15) is 0 Å². The molecule has 2 aliphatic heterocycles. The van der Waals surface area contributed by atoms with Crippen LogP contribution >= 0.6 is 0 Å². The van der Waals surface area contributed by atoms with Crippen molar-refractivity contribution >= 4 is 16.9 Å². The molecule has 1 aromatic heterocycles. The number of carboxylic acids is 1. The van der Waals surface area contributed by atoms with Crippen LogP contribution in [-0.4, -0.2) is 23.8 Å². The standard InChI is InChI=1S/C20H18N2O4/c1-20(11-6-7-16-17(8-11)26-10-25-16)18-13(9-15(22-20)19(23)24)12-4-2-3-5-14(12)21-18/h2-8,15,21-22H,9-10H2,1H3,(H,23,24)/p-1. The molecule has 6 heteroatoms.